The van der Waals surface area contributed by atoms with Crippen molar-refractivity contribution in [1.82, 2.24) is 9.88 Å². The van der Waals surface area contributed by atoms with Crippen LogP contribution in [0.25, 0.3) is 10.9 Å². The topological polar surface area (TPSA) is 82.6 Å². The van der Waals surface area contributed by atoms with Crippen molar-refractivity contribution in [2.75, 3.05) is 13.1 Å². The van der Waals surface area contributed by atoms with Gasteiger partial charge in [0.2, 0.25) is 0 Å². The highest BCUT2D eigenvalue weighted by Gasteiger charge is 2.33. The van der Waals surface area contributed by atoms with Crippen LogP contribution in [0.4, 0.5) is 0 Å². The first kappa shape index (κ1) is 13.6. The maximum absolute atomic E-state index is 12.5. The lowest BCUT2D eigenvalue weighted by Crippen LogP contribution is -2.51. The zero-order valence-corrected chi connectivity index (χ0v) is 11.6. The van der Waals surface area contributed by atoms with Gasteiger partial charge in [0.15, 0.2) is 6.10 Å². The summed E-state index contributed by atoms with van der Waals surface area (Å²) in [5.41, 5.74) is 1.52. The average molecular weight is 288 g/mol. The maximum Gasteiger partial charge on any atom is 0.334 e. The van der Waals surface area contributed by atoms with Crippen LogP contribution < -0.4 is 0 Å². The quantitative estimate of drug-likeness (QED) is 0.877. The van der Waals surface area contributed by atoms with Gasteiger partial charge in [0, 0.05) is 29.2 Å². The van der Waals surface area contributed by atoms with E-state index in [1.165, 1.54) is 0 Å². The molecule has 0 saturated carbocycles. The van der Waals surface area contributed by atoms with E-state index in [0.29, 0.717) is 12.1 Å². The number of ether oxygens (including phenoxy) is 1. The molecule has 0 radical (unpaired) electrons. The van der Waals surface area contributed by atoms with Gasteiger partial charge in [0.05, 0.1) is 12.6 Å². The Labute approximate surface area is 121 Å². The second-order valence-electron chi connectivity index (χ2n) is 5.26. The second kappa shape index (κ2) is 5.21. The van der Waals surface area contributed by atoms with Crippen molar-refractivity contribution >= 4 is 22.8 Å². The van der Waals surface area contributed by atoms with E-state index in [1.807, 2.05) is 24.4 Å². The molecule has 21 heavy (non-hydrogen) atoms. The summed E-state index contributed by atoms with van der Waals surface area (Å²) in [6.45, 7) is 2.24. The number of amides is 1. The lowest BCUT2D eigenvalue weighted by atomic mass is 10.1. The van der Waals surface area contributed by atoms with Crippen LogP contribution in [0.2, 0.25) is 0 Å². The molecule has 3 rings (SSSR count). The molecule has 2 atom stereocenters. The molecule has 2 N–H and O–H groups in total. The van der Waals surface area contributed by atoms with Crippen molar-refractivity contribution in [2.24, 2.45) is 0 Å². The summed E-state index contributed by atoms with van der Waals surface area (Å²) >= 11 is 0. The lowest BCUT2D eigenvalue weighted by Gasteiger charge is -2.35. The number of carboxylic acids is 1. The highest BCUT2D eigenvalue weighted by atomic mass is 16.5. The molecule has 6 heteroatoms. The first-order valence-corrected chi connectivity index (χ1v) is 6.79. The third-order valence-electron chi connectivity index (χ3n) is 3.62. The van der Waals surface area contributed by atoms with Gasteiger partial charge < -0.3 is 19.7 Å². The number of hydrogen-bond donors (Lipinski definition) is 2. The van der Waals surface area contributed by atoms with Gasteiger partial charge in [-0.15, -0.1) is 0 Å². The molecule has 2 heterocycles. The Kier molecular flexibility index (Phi) is 3.39. The first-order chi connectivity index (χ1) is 10.0. The molecule has 1 aliphatic rings. The van der Waals surface area contributed by atoms with Gasteiger partial charge in [-0.05, 0) is 31.2 Å². The van der Waals surface area contributed by atoms with Crippen LogP contribution in [0.15, 0.2) is 30.5 Å². The van der Waals surface area contributed by atoms with Gasteiger partial charge in [0.25, 0.3) is 5.91 Å². The number of carboxylic acid groups (broad SMARTS) is 1. The number of fused-ring (bicyclic) bond motifs is 1. The molecule has 1 fully saturated rings. The minimum Gasteiger partial charge on any atom is -0.479 e. The van der Waals surface area contributed by atoms with Crippen LogP contribution >= 0.6 is 0 Å². The zero-order valence-electron chi connectivity index (χ0n) is 11.6. The molecule has 2 aromatic rings. The number of H-pyrrole nitrogens is 1. The number of morpholine rings is 1. The van der Waals surface area contributed by atoms with Crippen molar-refractivity contribution in [3.8, 4) is 0 Å². The van der Waals surface area contributed by atoms with Crippen LogP contribution in [0.5, 0.6) is 0 Å². The van der Waals surface area contributed by atoms with Gasteiger partial charge in [0.1, 0.15) is 0 Å². The monoisotopic (exact) mass is 288 g/mol. The summed E-state index contributed by atoms with van der Waals surface area (Å²) in [4.78, 5) is 28.2. The highest BCUT2D eigenvalue weighted by molar-refractivity contribution is 5.98. The molecule has 1 aromatic heterocycles. The van der Waals surface area contributed by atoms with Gasteiger partial charge in [-0.1, -0.05) is 0 Å². The van der Waals surface area contributed by atoms with E-state index in [1.54, 1.807) is 17.9 Å². The Morgan fingerprint density at radius 2 is 2.14 bits per heavy atom. The number of aliphatic carboxylic acids is 1. The van der Waals surface area contributed by atoms with Gasteiger partial charge in [-0.25, -0.2) is 4.79 Å². The Balaban J connectivity index is 1.84. The van der Waals surface area contributed by atoms with Crippen LogP contribution in [0.3, 0.4) is 0 Å². The Hall–Kier alpha value is -2.34. The predicted molar refractivity (Wildman–Crippen MR) is 76.2 cm³/mol. The number of hydrogen-bond acceptors (Lipinski definition) is 3. The summed E-state index contributed by atoms with van der Waals surface area (Å²) < 4.78 is 5.32. The fraction of sp³-hybridized carbons (Fsp3) is 0.333. The Morgan fingerprint density at radius 1 is 1.33 bits per heavy atom. The van der Waals surface area contributed by atoms with Gasteiger partial charge >= 0.3 is 5.97 Å². The predicted octanol–water partition coefficient (Wildman–Crippen LogP) is 1.48. The third kappa shape index (κ3) is 2.62. The minimum absolute atomic E-state index is 0.0731. The number of nitrogens with one attached hydrogen (secondary N) is 1. The number of aromatic amines is 1. The molecule has 1 unspecified atom stereocenters. The van der Waals surface area contributed by atoms with Crippen LogP contribution in [0.1, 0.15) is 17.3 Å². The Bertz CT molecular complexity index is 694. The normalized spacial score (nSPS) is 22.4. The molecule has 0 spiro atoms. The molecule has 6 nitrogen and oxygen atoms in total. The number of benzene rings is 1. The number of aromatic nitrogens is 1. The lowest BCUT2D eigenvalue weighted by molar-refractivity contribution is -0.160. The number of carbonyl (C=O) groups is 2. The highest BCUT2D eigenvalue weighted by Crippen LogP contribution is 2.18. The van der Waals surface area contributed by atoms with Gasteiger partial charge in [-0.2, -0.15) is 0 Å². The van der Waals surface area contributed by atoms with Gasteiger partial charge in [-0.3, -0.25) is 4.79 Å². The standard InChI is InChI=1S/C15H16N2O4/c1-9-7-17(8-13(21-9)15(19)20)14(18)11-2-3-12-10(6-11)4-5-16-12/h2-6,9,13,16H,7-8H2,1H3,(H,19,20)/t9-,13?/m1/s1. The second-order valence-corrected chi connectivity index (χ2v) is 5.26. The van der Waals surface area contributed by atoms with E-state index >= 15 is 0 Å². The molecular formula is C15H16N2O4. The summed E-state index contributed by atoms with van der Waals surface area (Å²) in [7, 11) is 0. The van der Waals surface area contributed by atoms with Crippen LogP contribution in [0, 0.1) is 0 Å². The van der Waals surface area contributed by atoms with E-state index in [9.17, 15) is 9.59 Å². The smallest absolute Gasteiger partial charge is 0.334 e. The van der Waals surface area contributed by atoms with E-state index in [0.717, 1.165) is 10.9 Å². The van der Waals surface area contributed by atoms with E-state index in [2.05, 4.69) is 4.98 Å². The first-order valence-electron chi connectivity index (χ1n) is 6.79. The van der Waals surface area contributed by atoms with Crippen molar-refractivity contribution < 1.29 is 19.4 Å². The van der Waals surface area contributed by atoms with Crippen LogP contribution in [-0.2, 0) is 9.53 Å². The fourth-order valence-corrected chi connectivity index (χ4v) is 2.62. The number of carbonyl (C=O) groups excluding carboxylic acids is 1. The van der Waals surface area contributed by atoms with E-state index in [4.69, 9.17) is 9.84 Å². The third-order valence-corrected chi connectivity index (χ3v) is 3.62. The largest absolute Gasteiger partial charge is 0.479 e. The summed E-state index contributed by atoms with van der Waals surface area (Å²) in [6, 6.07) is 7.30. The molecule has 1 aromatic carbocycles. The molecule has 1 amide bonds. The molecular weight excluding hydrogens is 272 g/mol. The summed E-state index contributed by atoms with van der Waals surface area (Å²) in [5, 5.41) is 10.0. The summed E-state index contributed by atoms with van der Waals surface area (Å²) in [5.74, 6) is -1.21. The molecule has 0 bridgehead atoms. The van der Waals surface area contributed by atoms with Crippen molar-refractivity contribution in [3.63, 3.8) is 0 Å². The average Bonchev–Trinajstić information content (AvgIpc) is 2.93. The van der Waals surface area contributed by atoms with Crippen molar-refractivity contribution in [1.29, 1.82) is 0 Å². The number of rotatable bonds is 2. The van der Waals surface area contributed by atoms with E-state index in [-0.39, 0.29) is 18.6 Å². The van der Waals surface area contributed by atoms with Crippen molar-refractivity contribution in [2.45, 2.75) is 19.1 Å². The zero-order chi connectivity index (χ0) is 15.0. The Morgan fingerprint density at radius 3 is 2.90 bits per heavy atom. The SMILES string of the molecule is C[C@@H]1CN(C(=O)c2ccc3[nH]ccc3c2)CC(C(=O)O)O1. The molecule has 0 aliphatic carbocycles. The minimum atomic E-state index is -1.04. The maximum atomic E-state index is 12.5. The molecule has 1 aliphatic heterocycles. The summed E-state index contributed by atoms with van der Waals surface area (Å²) in [6.07, 6.45) is 0.560. The molecule has 1 saturated heterocycles. The molecule has 110 valence electrons. The fourth-order valence-electron chi connectivity index (χ4n) is 2.62. The van der Waals surface area contributed by atoms with Crippen molar-refractivity contribution in [3.05, 3.63) is 36.0 Å². The van der Waals surface area contributed by atoms with E-state index < -0.39 is 12.1 Å². The number of nitrogens with zero attached hydrogens (tertiary/aromatic N) is 1. The van der Waals surface area contributed by atoms with Crippen LogP contribution in [-0.4, -0.2) is 52.2 Å².